The molecule has 2 aliphatic carbocycles. The van der Waals surface area contributed by atoms with Crippen molar-refractivity contribution in [1.29, 1.82) is 0 Å². The molecule has 0 atom stereocenters. The molecule has 0 aromatic heterocycles. The van der Waals surface area contributed by atoms with Crippen molar-refractivity contribution >= 4 is 5.69 Å². The molecule has 1 fully saturated rings. The molecule has 17 heavy (non-hydrogen) atoms. The van der Waals surface area contributed by atoms with Crippen molar-refractivity contribution in [2.75, 3.05) is 5.32 Å². The van der Waals surface area contributed by atoms with Crippen LogP contribution in [-0.2, 0) is 0 Å². The normalized spacial score (nSPS) is 19.6. The summed E-state index contributed by atoms with van der Waals surface area (Å²) in [5, 5.41) is 3.68. The minimum atomic E-state index is 0.590. The zero-order valence-electron chi connectivity index (χ0n) is 10.4. The minimum absolute atomic E-state index is 0.590. The lowest BCUT2D eigenvalue weighted by Gasteiger charge is -2.15. The van der Waals surface area contributed by atoms with Gasteiger partial charge in [-0.15, -0.1) is 0 Å². The van der Waals surface area contributed by atoms with Crippen LogP contribution < -0.4 is 5.32 Å². The van der Waals surface area contributed by atoms with Gasteiger partial charge in [-0.3, -0.25) is 0 Å². The van der Waals surface area contributed by atoms with Crippen LogP contribution in [0.4, 0.5) is 5.69 Å². The Morgan fingerprint density at radius 2 is 1.65 bits per heavy atom. The number of nitrogens with one attached hydrogen (secondary N) is 1. The van der Waals surface area contributed by atoms with Crippen molar-refractivity contribution in [3.63, 3.8) is 0 Å². The molecule has 1 aromatic carbocycles. The second kappa shape index (κ2) is 4.40. The SMILES string of the molecule is Cc1ccccc1NC1CC2=CCCC=C2C1. The molecular formula is C16H19N. The molecule has 1 saturated carbocycles. The van der Waals surface area contributed by atoms with E-state index >= 15 is 0 Å². The van der Waals surface area contributed by atoms with E-state index in [1.54, 1.807) is 11.1 Å². The zero-order chi connectivity index (χ0) is 11.7. The monoisotopic (exact) mass is 225 g/mol. The summed E-state index contributed by atoms with van der Waals surface area (Å²) in [6.07, 6.45) is 9.70. The quantitative estimate of drug-likeness (QED) is 0.794. The van der Waals surface area contributed by atoms with E-state index in [2.05, 4.69) is 48.7 Å². The van der Waals surface area contributed by atoms with E-state index in [-0.39, 0.29) is 0 Å². The van der Waals surface area contributed by atoms with Gasteiger partial charge in [0.25, 0.3) is 0 Å². The van der Waals surface area contributed by atoms with Crippen LogP contribution in [-0.4, -0.2) is 6.04 Å². The fraction of sp³-hybridized carbons (Fsp3) is 0.375. The Morgan fingerprint density at radius 1 is 1.00 bits per heavy atom. The van der Waals surface area contributed by atoms with Crippen LogP contribution in [0, 0.1) is 6.92 Å². The highest BCUT2D eigenvalue weighted by atomic mass is 14.9. The van der Waals surface area contributed by atoms with Gasteiger partial charge in [0.2, 0.25) is 0 Å². The van der Waals surface area contributed by atoms with Gasteiger partial charge >= 0.3 is 0 Å². The molecule has 0 radical (unpaired) electrons. The summed E-state index contributed by atoms with van der Waals surface area (Å²) >= 11 is 0. The molecule has 0 bridgehead atoms. The summed E-state index contributed by atoms with van der Waals surface area (Å²) in [6, 6.07) is 9.14. The van der Waals surface area contributed by atoms with Crippen molar-refractivity contribution in [3.8, 4) is 0 Å². The van der Waals surface area contributed by atoms with Crippen LogP contribution >= 0.6 is 0 Å². The predicted molar refractivity (Wildman–Crippen MR) is 73.2 cm³/mol. The van der Waals surface area contributed by atoms with Gasteiger partial charge in [0, 0.05) is 11.7 Å². The van der Waals surface area contributed by atoms with Crippen LogP contribution in [0.15, 0.2) is 47.6 Å². The third-order valence-electron chi connectivity index (χ3n) is 3.80. The highest BCUT2D eigenvalue weighted by Gasteiger charge is 2.24. The maximum atomic E-state index is 3.68. The third-order valence-corrected chi connectivity index (χ3v) is 3.80. The molecule has 0 unspecified atom stereocenters. The Labute approximate surface area is 103 Å². The van der Waals surface area contributed by atoms with E-state index in [0.717, 1.165) is 0 Å². The predicted octanol–water partition coefficient (Wildman–Crippen LogP) is 4.22. The average Bonchev–Trinajstić information content (AvgIpc) is 2.74. The Morgan fingerprint density at radius 3 is 2.29 bits per heavy atom. The number of aryl methyl sites for hydroxylation is 1. The minimum Gasteiger partial charge on any atom is -0.381 e. The number of hydrogen-bond acceptors (Lipinski definition) is 1. The Balaban J connectivity index is 1.74. The van der Waals surface area contributed by atoms with E-state index in [1.807, 2.05) is 0 Å². The van der Waals surface area contributed by atoms with Crippen LogP contribution in [0.2, 0.25) is 0 Å². The van der Waals surface area contributed by atoms with Gasteiger partial charge in [0.05, 0.1) is 0 Å². The molecule has 1 N–H and O–H groups in total. The summed E-state index contributed by atoms with van der Waals surface area (Å²) in [5.74, 6) is 0. The first-order valence-corrected chi connectivity index (χ1v) is 6.53. The van der Waals surface area contributed by atoms with Crippen LogP contribution in [0.3, 0.4) is 0 Å². The Kier molecular flexibility index (Phi) is 2.76. The van der Waals surface area contributed by atoms with E-state index in [1.165, 1.54) is 36.9 Å². The molecule has 88 valence electrons. The number of fused-ring (bicyclic) bond motifs is 1. The first-order chi connectivity index (χ1) is 8.33. The summed E-state index contributed by atoms with van der Waals surface area (Å²) in [4.78, 5) is 0. The fourth-order valence-electron chi connectivity index (χ4n) is 2.87. The number of anilines is 1. The topological polar surface area (TPSA) is 12.0 Å². The van der Waals surface area contributed by atoms with Gasteiger partial charge in [0.1, 0.15) is 0 Å². The van der Waals surface area contributed by atoms with Crippen LogP contribution in [0.1, 0.15) is 31.2 Å². The molecule has 2 aliphatic rings. The zero-order valence-corrected chi connectivity index (χ0v) is 10.4. The molecule has 0 saturated heterocycles. The molecule has 3 rings (SSSR count). The lowest BCUT2D eigenvalue weighted by molar-refractivity contribution is 0.788. The molecule has 0 amide bonds. The standard InChI is InChI=1S/C16H19N/c1-12-6-2-5-9-16(12)17-15-10-13-7-3-4-8-14(13)11-15/h2,5-9,15,17H,3-4,10-11H2,1H3. The van der Waals surface area contributed by atoms with Crippen molar-refractivity contribution in [3.05, 3.63) is 53.1 Å². The number of hydrogen-bond donors (Lipinski definition) is 1. The largest absolute Gasteiger partial charge is 0.381 e. The molecule has 1 aromatic rings. The summed E-state index contributed by atoms with van der Waals surface area (Å²) in [6.45, 7) is 2.17. The van der Waals surface area contributed by atoms with E-state index in [9.17, 15) is 0 Å². The van der Waals surface area contributed by atoms with Gasteiger partial charge < -0.3 is 5.32 Å². The van der Waals surface area contributed by atoms with Crippen molar-refractivity contribution in [1.82, 2.24) is 0 Å². The number of benzene rings is 1. The molecule has 1 nitrogen and oxygen atoms in total. The summed E-state index contributed by atoms with van der Waals surface area (Å²) in [5.41, 5.74) is 5.80. The van der Waals surface area contributed by atoms with E-state index in [4.69, 9.17) is 0 Å². The maximum absolute atomic E-state index is 3.68. The third kappa shape index (κ3) is 2.14. The van der Waals surface area contributed by atoms with Crippen molar-refractivity contribution in [2.45, 2.75) is 38.6 Å². The lowest BCUT2D eigenvalue weighted by Crippen LogP contribution is -2.15. The fourth-order valence-corrected chi connectivity index (χ4v) is 2.87. The maximum Gasteiger partial charge on any atom is 0.0372 e. The summed E-state index contributed by atoms with van der Waals surface area (Å²) in [7, 11) is 0. The number of para-hydroxylation sites is 1. The molecule has 0 heterocycles. The van der Waals surface area contributed by atoms with E-state index in [0.29, 0.717) is 6.04 Å². The highest BCUT2D eigenvalue weighted by Crippen LogP contribution is 2.36. The van der Waals surface area contributed by atoms with E-state index < -0.39 is 0 Å². The number of allylic oxidation sites excluding steroid dienone is 2. The molecular weight excluding hydrogens is 206 g/mol. The van der Waals surface area contributed by atoms with Gasteiger partial charge in [-0.1, -0.05) is 30.4 Å². The molecule has 0 spiro atoms. The average molecular weight is 225 g/mol. The Hall–Kier alpha value is -1.50. The molecule has 0 aliphatic heterocycles. The van der Waals surface area contributed by atoms with Gasteiger partial charge in [-0.05, 0) is 55.4 Å². The van der Waals surface area contributed by atoms with Gasteiger partial charge in [-0.25, -0.2) is 0 Å². The Bertz CT molecular complexity index is 460. The van der Waals surface area contributed by atoms with Crippen LogP contribution in [0.5, 0.6) is 0 Å². The summed E-state index contributed by atoms with van der Waals surface area (Å²) < 4.78 is 0. The van der Waals surface area contributed by atoms with Crippen molar-refractivity contribution in [2.24, 2.45) is 0 Å². The van der Waals surface area contributed by atoms with Crippen molar-refractivity contribution < 1.29 is 0 Å². The first-order valence-electron chi connectivity index (χ1n) is 6.53. The first kappa shape index (κ1) is 10.6. The number of rotatable bonds is 2. The molecule has 1 heteroatoms. The van der Waals surface area contributed by atoms with Gasteiger partial charge in [-0.2, -0.15) is 0 Å². The second-order valence-electron chi connectivity index (χ2n) is 5.10. The lowest BCUT2D eigenvalue weighted by atomic mass is 10.0. The second-order valence-corrected chi connectivity index (χ2v) is 5.10. The highest BCUT2D eigenvalue weighted by molar-refractivity contribution is 5.53. The van der Waals surface area contributed by atoms with Gasteiger partial charge in [0.15, 0.2) is 0 Å². The van der Waals surface area contributed by atoms with Crippen LogP contribution in [0.25, 0.3) is 0 Å². The smallest absolute Gasteiger partial charge is 0.0372 e.